The van der Waals surface area contributed by atoms with Crippen LogP contribution in [0.3, 0.4) is 0 Å². The predicted octanol–water partition coefficient (Wildman–Crippen LogP) is 2.63. The van der Waals surface area contributed by atoms with E-state index >= 15 is 0 Å². The van der Waals surface area contributed by atoms with Crippen molar-refractivity contribution in [2.45, 2.75) is 25.3 Å². The van der Waals surface area contributed by atoms with Gasteiger partial charge in [0.2, 0.25) is 0 Å². The molecule has 2 aromatic carbocycles. The molecule has 1 atom stereocenters. The standard InChI is InChI=1S/C18H19N3O2S/c1-12-3-5-14(6-4-12)17-9-13(2)20-21(17)16-7-8-18(24(19)23)15(10-16)11-22/h3-10,22H,11,19H2,1-2H3. The minimum absolute atomic E-state index is 0.230. The Labute approximate surface area is 143 Å². The average Bonchev–Trinajstić information content (AvgIpc) is 2.96. The van der Waals surface area contributed by atoms with E-state index in [1.807, 2.05) is 30.7 Å². The van der Waals surface area contributed by atoms with Crippen molar-refractivity contribution in [2.24, 2.45) is 5.14 Å². The van der Waals surface area contributed by atoms with Crippen LogP contribution in [-0.4, -0.2) is 19.1 Å². The van der Waals surface area contributed by atoms with Crippen LogP contribution in [-0.2, 0) is 17.6 Å². The molecule has 124 valence electrons. The molecule has 0 bridgehead atoms. The van der Waals surface area contributed by atoms with Crippen LogP contribution in [0.25, 0.3) is 16.9 Å². The summed E-state index contributed by atoms with van der Waals surface area (Å²) < 4.78 is 13.4. The van der Waals surface area contributed by atoms with Crippen molar-refractivity contribution in [2.75, 3.05) is 0 Å². The Kier molecular flexibility index (Phi) is 4.62. The van der Waals surface area contributed by atoms with Crippen LogP contribution < -0.4 is 5.14 Å². The normalized spacial score (nSPS) is 12.3. The summed E-state index contributed by atoms with van der Waals surface area (Å²) in [4.78, 5) is 0.432. The number of rotatable bonds is 4. The van der Waals surface area contributed by atoms with Crippen LogP contribution in [0, 0.1) is 13.8 Å². The maximum atomic E-state index is 11.6. The zero-order chi connectivity index (χ0) is 17.3. The highest BCUT2D eigenvalue weighted by Crippen LogP contribution is 2.26. The van der Waals surface area contributed by atoms with E-state index in [2.05, 4.69) is 29.4 Å². The van der Waals surface area contributed by atoms with Gasteiger partial charge in [-0.1, -0.05) is 29.8 Å². The predicted molar refractivity (Wildman–Crippen MR) is 95.0 cm³/mol. The Morgan fingerprint density at radius 1 is 1.12 bits per heavy atom. The third-order valence-corrected chi connectivity index (χ3v) is 4.69. The van der Waals surface area contributed by atoms with E-state index in [9.17, 15) is 9.32 Å². The van der Waals surface area contributed by atoms with Crippen molar-refractivity contribution in [1.29, 1.82) is 0 Å². The van der Waals surface area contributed by atoms with Gasteiger partial charge in [-0.3, -0.25) is 0 Å². The Morgan fingerprint density at radius 3 is 2.46 bits per heavy atom. The third kappa shape index (κ3) is 3.17. The smallest absolute Gasteiger partial charge is 0.122 e. The van der Waals surface area contributed by atoms with E-state index in [0.29, 0.717) is 10.5 Å². The molecule has 3 aromatic rings. The Bertz CT molecular complexity index is 901. The van der Waals surface area contributed by atoms with Crippen molar-refractivity contribution in [3.63, 3.8) is 0 Å². The number of nitrogens with zero attached hydrogens (tertiary/aromatic N) is 2. The van der Waals surface area contributed by atoms with Gasteiger partial charge < -0.3 is 5.11 Å². The van der Waals surface area contributed by atoms with Crippen molar-refractivity contribution >= 4 is 11.0 Å². The number of nitrogens with two attached hydrogens (primary N) is 1. The summed E-state index contributed by atoms with van der Waals surface area (Å²) in [7, 11) is -1.63. The first-order valence-corrected chi connectivity index (χ1v) is 8.75. The molecule has 0 saturated carbocycles. The lowest BCUT2D eigenvalue weighted by Gasteiger charge is -2.11. The summed E-state index contributed by atoms with van der Waals surface area (Å²) in [5.41, 5.74) is 5.42. The number of aromatic nitrogens is 2. The Hall–Kier alpha value is -2.28. The van der Waals surface area contributed by atoms with Crippen LogP contribution in [0.5, 0.6) is 0 Å². The molecule has 1 aromatic heterocycles. The van der Waals surface area contributed by atoms with Gasteiger partial charge in [-0.25, -0.2) is 14.0 Å². The number of hydrogen-bond donors (Lipinski definition) is 2. The molecule has 0 spiro atoms. The van der Waals surface area contributed by atoms with Crippen molar-refractivity contribution in [3.8, 4) is 16.9 Å². The molecule has 1 heterocycles. The first-order valence-electron chi connectivity index (χ1n) is 7.53. The highest BCUT2D eigenvalue weighted by atomic mass is 32.2. The SMILES string of the molecule is Cc1ccc(-c2cc(C)nn2-c2ccc(S(N)=O)c(CO)c2)cc1. The van der Waals surface area contributed by atoms with Crippen LogP contribution in [0.1, 0.15) is 16.8 Å². The van der Waals surface area contributed by atoms with Gasteiger partial charge in [-0.05, 0) is 43.7 Å². The highest BCUT2D eigenvalue weighted by molar-refractivity contribution is 7.82. The fourth-order valence-corrected chi connectivity index (χ4v) is 3.23. The number of aliphatic hydroxyl groups excluding tert-OH is 1. The lowest BCUT2D eigenvalue weighted by molar-refractivity contribution is 0.278. The Balaban J connectivity index is 2.13. The quantitative estimate of drug-likeness (QED) is 0.765. The maximum Gasteiger partial charge on any atom is 0.122 e. The van der Waals surface area contributed by atoms with Gasteiger partial charge in [0.15, 0.2) is 0 Å². The molecular formula is C18H19N3O2S. The number of hydrogen-bond acceptors (Lipinski definition) is 3. The van der Waals surface area contributed by atoms with Crippen LogP contribution in [0.2, 0.25) is 0 Å². The molecule has 0 aliphatic rings. The summed E-state index contributed by atoms with van der Waals surface area (Å²) in [6, 6.07) is 15.5. The monoisotopic (exact) mass is 341 g/mol. The fraction of sp³-hybridized carbons (Fsp3) is 0.167. The second kappa shape index (κ2) is 6.68. The molecule has 0 amide bonds. The fourth-order valence-electron chi connectivity index (χ4n) is 2.64. The first kappa shape index (κ1) is 16.6. The van der Waals surface area contributed by atoms with E-state index in [1.54, 1.807) is 12.1 Å². The summed E-state index contributed by atoms with van der Waals surface area (Å²) >= 11 is 0. The largest absolute Gasteiger partial charge is 0.392 e. The molecule has 6 heteroatoms. The van der Waals surface area contributed by atoms with Crippen LogP contribution in [0.4, 0.5) is 0 Å². The van der Waals surface area contributed by atoms with Crippen molar-refractivity contribution in [3.05, 3.63) is 65.4 Å². The number of aliphatic hydroxyl groups is 1. The summed E-state index contributed by atoms with van der Waals surface area (Å²) in [6.07, 6.45) is 0. The van der Waals surface area contributed by atoms with Crippen molar-refractivity contribution in [1.82, 2.24) is 9.78 Å². The molecule has 24 heavy (non-hydrogen) atoms. The molecule has 5 nitrogen and oxygen atoms in total. The first-order chi connectivity index (χ1) is 11.5. The van der Waals surface area contributed by atoms with Gasteiger partial charge in [0.05, 0.1) is 28.6 Å². The topological polar surface area (TPSA) is 81.1 Å². The third-order valence-electron chi connectivity index (χ3n) is 3.85. The van der Waals surface area contributed by atoms with E-state index in [4.69, 9.17) is 5.14 Å². The van der Waals surface area contributed by atoms with Gasteiger partial charge in [0.1, 0.15) is 11.0 Å². The molecule has 3 N–H and O–H groups in total. The summed E-state index contributed by atoms with van der Waals surface area (Å²) in [5, 5.41) is 19.6. The van der Waals surface area contributed by atoms with Gasteiger partial charge >= 0.3 is 0 Å². The highest BCUT2D eigenvalue weighted by Gasteiger charge is 2.13. The van der Waals surface area contributed by atoms with Gasteiger partial charge in [-0.15, -0.1) is 0 Å². The molecule has 0 saturated heterocycles. The lowest BCUT2D eigenvalue weighted by atomic mass is 10.1. The lowest BCUT2D eigenvalue weighted by Crippen LogP contribution is -2.08. The van der Waals surface area contributed by atoms with E-state index < -0.39 is 11.0 Å². The molecule has 0 radical (unpaired) electrons. The summed E-state index contributed by atoms with van der Waals surface area (Å²) in [5.74, 6) is 0. The average molecular weight is 341 g/mol. The van der Waals surface area contributed by atoms with E-state index in [0.717, 1.165) is 22.6 Å². The zero-order valence-electron chi connectivity index (χ0n) is 13.6. The minimum Gasteiger partial charge on any atom is -0.392 e. The maximum absolute atomic E-state index is 11.6. The summed E-state index contributed by atoms with van der Waals surface area (Å²) in [6.45, 7) is 3.75. The van der Waals surface area contributed by atoms with Gasteiger partial charge in [-0.2, -0.15) is 5.10 Å². The molecule has 3 rings (SSSR count). The molecule has 1 unspecified atom stereocenters. The molecule has 0 aliphatic heterocycles. The zero-order valence-corrected chi connectivity index (χ0v) is 14.4. The minimum atomic E-state index is -1.63. The van der Waals surface area contributed by atoms with Crippen LogP contribution >= 0.6 is 0 Å². The van der Waals surface area contributed by atoms with Gasteiger partial charge in [0, 0.05) is 5.56 Å². The van der Waals surface area contributed by atoms with Crippen molar-refractivity contribution < 1.29 is 9.32 Å². The van der Waals surface area contributed by atoms with E-state index in [1.165, 1.54) is 5.56 Å². The van der Waals surface area contributed by atoms with Gasteiger partial charge in [0.25, 0.3) is 0 Å². The second-order valence-electron chi connectivity index (χ2n) is 5.70. The van der Waals surface area contributed by atoms with E-state index in [-0.39, 0.29) is 6.61 Å². The molecular weight excluding hydrogens is 322 g/mol. The number of aryl methyl sites for hydroxylation is 2. The Morgan fingerprint density at radius 2 is 1.83 bits per heavy atom. The second-order valence-corrected chi connectivity index (χ2v) is 6.73. The number of benzene rings is 2. The van der Waals surface area contributed by atoms with Crippen LogP contribution in [0.15, 0.2) is 53.4 Å². The molecule has 0 fully saturated rings. The molecule has 0 aliphatic carbocycles.